The zero-order valence-electron chi connectivity index (χ0n) is 15.4. The van der Waals surface area contributed by atoms with Crippen LogP contribution >= 0.6 is 24.0 Å². The van der Waals surface area contributed by atoms with Gasteiger partial charge in [-0.05, 0) is 37.5 Å². The summed E-state index contributed by atoms with van der Waals surface area (Å²) in [7, 11) is 0. The van der Waals surface area contributed by atoms with Crippen LogP contribution in [0.2, 0.25) is 0 Å². The Labute approximate surface area is 172 Å². The van der Waals surface area contributed by atoms with E-state index in [9.17, 15) is 9.18 Å². The van der Waals surface area contributed by atoms with Crippen LogP contribution in [0.1, 0.15) is 44.6 Å². The molecule has 0 aliphatic heterocycles. The van der Waals surface area contributed by atoms with Gasteiger partial charge in [0.15, 0.2) is 5.96 Å². The SMILES string of the molecule is CCNC(=NCCNC(=O)Cc1ccc(F)cc1)NC1CCCCC1.I. The summed E-state index contributed by atoms with van der Waals surface area (Å²) in [5.74, 6) is 0.453. The van der Waals surface area contributed by atoms with Crippen molar-refractivity contribution in [2.75, 3.05) is 19.6 Å². The zero-order valence-corrected chi connectivity index (χ0v) is 17.7. The molecule has 2 rings (SSSR count). The van der Waals surface area contributed by atoms with Crippen molar-refractivity contribution < 1.29 is 9.18 Å². The summed E-state index contributed by atoms with van der Waals surface area (Å²) < 4.78 is 12.9. The maximum absolute atomic E-state index is 12.9. The van der Waals surface area contributed by atoms with Crippen LogP contribution in [0.4, 0.5) is 4.39 Å². The molecule has 1 saturated carbocycles. The molecule has 0 aromatic heterocycles. The Balaban J connectivity index is 0.00000338. The zero-order chi connectivity index (χ0) is 17.9. The smallest absolute Gasteiger partial charge is 0.224 e. The number of carbonyl (C=O) groups excluding carboxylic acids is 1. The van der Waals surface area contributed by atoms with Gasteiger partial charge in [-0.2, -0.15) is 0 Å². The first kappa shape index (κ1) is 22.7. The standard InChI is InChI=1S/C19H29FN4O.HI/c1-2-21-19(24-17-6-4-3-5-7-17)23-13-12-22-18(25)14-15-8-10-16(20)11-9-15;/h8-11,17H,2-7,12-14H2,1H3,(H,22,25)(H2,21,23,24);1H. The van der Waals surface area contributed by atoms with Gasteiger partial charge in [0.05, 0.1) is 13.0 Å². The van der Waals surface area contributed by atoms with Crippen molar-refractivity contribution in [1.82, 2.24) is 16.0 Å². The molecule has 0 unspecified atom stereocenters. The molecule has 0 spiro atoms. The summed E-state index contributed by atoms with van der Waals surface area (Å²) in [5, 5.41) is 9.59. The number of nitrogens with zero attached hydrogens (tertiary/aromatic N) is 1. The molecule has 146 valence electrons. The first-order valence-corrected chi connectivity index (χ1v) is 9.23. The van der Waals surface area contributed by atoms with Crippen LogP contribution in [0.5, 0.6) is 0 Å². The number of guanidine groups is 1. The van der Waals surface area contributed by atoms with E-state index < -0.39 is 0 Å². The number of carbonyl (C=O) groups is 1. The van der Waals surface area contributed by atoms with Gasteiger partial charge in [-0.1, -0.05) is 31.4 Å². The molecule has 1 aliphatic carbocycles. The normalized spacial score (nSPS) is 15.1. The van der Waals surface area contributed by atoms with Crippen LogP contribution in [0.15, 0.2) is 29.3 Å². The monoisotopic (exact) mass is 476 g/mol. The lowest BCUT2D eigenvalue weighted by Gasteiger charge is -2.24. The molecule has 0 heterocycles. The molecule has 5 nitrogen and oxygen atoms in total. The lowest BCUT2D eigenvalue weighted by Crippen LogP contribution is -2.44. The second-order valence-electron chi connectivity index (χ2n) is 6.39. The van der Waals surface area contributed by atoms with E-state index in [-0.39, 0.29) is 42.1 Å². The third-order valence-electron chi connectivity index (χ3n) is 4.27. The van der Waals surface area contributed by atoms with Crippen LogP contribution in [0.25, 0.3) is 0 Å². The van der Waals surface area contributed by atoms with Gasteiger partial charge < -0.3 is 16.0 Å². The van der Waals surface area contributed by atoms with Gasteiger partial charge in [-0.3, -0.25) is 9.79 Å². The van der Waals surface area contributed by atoms with Crippen LogP contribution in [0, 0.1) is 5.82 Å². The average Bonchev–Trinajstić information content (AvgIpc) is 2.62. The van der Waals surface area contributed by atoms with E-state index in [1.54, 1.807) is 12.1 Å². The van der Waals surface area contributed by atoms with Crippen molar-refractivity contribution in [1.29, 1.82) is 0 Å². The molecule has 26 heavy (non-hydrogen) atoms. The van der Waals surface area contributed by atoms with Crippen molar-refractivity contribution in [3.05, 3.63) is 35.6 Å². The fourth-order valence-corrected chi connectivity index (χ4v) is 2.97. The van der Waals surface area contributed by atoms with Gasteiger partial charge >= 0.3 is 0 Å². The summed E-state index contributed by atoms with van der Waals surface area (Å²) in [4.78, 5) is 16.4. The molecule has 1 amide bonds. The fourth-order valence-electron chi connectivity index (χ4n) is 2.97. The van der Waals surface area contributed by atoms with Gasteiger partial charge in [-0.25, -0.2) is 4.39 Å². The van der Waals surface area contributed by atoms with Gasteiger partial charge in [0.25, 0.3) is 0 Å². The van der Waals surface area contributed by atoms with E-state index in [1.807, 2.05) is 6.92 Å². The van der Waals surface area contributed by atoms with Crippen molar-refractivity contribution in [2.45, 2.75) is 51.5 Å². The number of hydrogen-bond acceptors (Lipinski definition) is 2. The molecule has 1 aromatic carbocycles. The van der Waals surface area contributed by atoms with Gasteiger partial charge in [-0.15, -0.1) is 24.0 Å². The molecule has 7 heteroatoms. The highest BCUT2D eigenvalue weighted by Gasteiger charge is 2.14. The van der Waals surface area contributed by atoms with E-state index in [4.69, 9.17) is 0 Å². The summed E-state index contributed by atoms with van der Waals surface area (Å²) in [6, 6.07) is 6.49. The highest BCUT2D eigenvalue weighted by Crippen LogP contribution is 2.17. The molecule has 0 radical (unpaired) electrons. The van der Waals surface area contributed by atoms with Crippen molar-refractivity contribution >= 4 is 35.8 Å². The van der Waals surface area contributed by atoms with Gasteiger partial charge in [0, 0.05) is 19.1 Å². The predicted molar refractivity (Wildman–Crippen MR) is 115 cm³/mol. The summed E-state index contributed by atoms with van der Waals surface area (Å²) in [6.07, 6.45) is 6.51. The molecule has 3 N–H and O–H groups in total. The lowest BCUT2D eigenvalue weighted by atomic mass is 9.96. The third kappa shape index (κ3) is 8.82. The van der Waals surface area contributed by atoms with Crippen molar-refractivity contribution in [3.63, 3.8) is 0 Å². The number of rotatable bonds is 7. The summed E-state index contributed by atoms with van der Waals surface area (Å²) in [6.45, 7) is 3.87. The molecule has 0 bridgehead atoms. The van der Waals surface area contributed by atoms with Crippen LogP contribution in [-0.4, -0.2) is 37.5 Å². The molecule has 1 aromatic rings. The Bertz CT molecular complexity index is 559. The van der Waals surface area contributed by atoms with Gasteiger partial charge in [0.1, 0.15) is 5.82 Å². The summed E-state index contributed by atoms with van der Waals surface area (Å²) >= 11 is 0. The second-order valence-corrected chi connectivity index (χ2v) is 6.39. The predicted octanol–water partition coefficient (Wildman–Crippen LogP) is 2.99. The van der Waals surface area contributed by atoms with Gasteiger partial charge in [0.2, 0.25) is 5.91 Å². The minimum atomic E-state index is -0.292. The van der Waals surface area contributed by atoms with Crippen LogP contribution in [-0.2, 0) is 11.2 Å². The highest BCUT2D eigenvalue weighted by molar-refractivity contribution is 14.0. The molecular formula is C19H30FIN4O. The van der Waals surface area contributed by atoms with Crippen LogP contribution in [0.3, 0.4) is 0 Å². The van der Waals surface area contributed by atoms with E-state index >= 15 is 0 Å². The lowest BCUT2D eigenvalue weighted by molar-refractivity contribution is -0.120. The molecule has 1 fully saturated rings. The maximum atomic E-state index is 12.9. The quantitative estimate of drug-likeness (QED) is 0.246. The summed E-state index contributed by atoms with van der Waals surface area (Å²) in [5.41, 5.74) is 0.801. The number of benzene rings is 1. The highest BCUT2D eigenvalue weighted by atomic mass is 127. The van der Waals surface area contributed by atoms with Crippen molar-refractivity contribution in [2.24, 2.45) is 4.99 Å². The number of halogens is 2. The van der Waals surface area contributed by atoms with E-state index in [1.165, 1.54) is 44.2 Å². The number of aliphatic imine (C=N–C) groups is 1. The number of hydrogen-bond donors (Lipinski definition) is 3. The Kier molecular flexibility index (Phi) is 11.2. The second kappa shape index (κ2) is 12.9. The van der Waals surface area contributed by atoms with Crippen molar-refractivity contribution in [3.8, 4) is 0 Å². The minimum absolute atomic E-state index is 0. The number of nitrogens with one attached hydrogen (secondary N) is 3. The largest absolute Gasteiger partial charge is 0.357 e. The molecule has 0 saturated heterocycles. The first-order chi connectivity index (χ1) is 12.2. The maximum Gasteiger partial charge on any atom is 0.224 e. The van der Waals surface area contributed by atoms with E-state index in [0.29, 0.717) is 19.1 Å². The minimum Gasteiger partial charge on any atom is -0.357 e. The Morgan fingerprint density at radius 2 is 1.85 bits per heavy atom. The van der Waals surface area contributed by atoms with E-state index in [0.717, 1.165) is 18.1 Å². The number of amides is 1. The van der Waals surface area contributed by atoms with E-state index in [2.05, 4.69) is 20.9 Å². The average molecular weight is 476 g/mol. The molecule has 1 aliphatic rings. The topological polar surface area (TPSA) is 65.5 Å². The molecular weight excluding hydrogens is 446 g/mol. The Hall–Kier alpha value is -1.38. The van der Waals surface area contributed by atoms with Crippen LogP contribution < -0.4 is 16.0 Å². The molecule has 0 atom stereocenters. The third-order valence-corrected chi connectivity index (χ3v) is 4.27. The Morgan fingerprint density at radius 1 is 1.15 bits per heavy atom. The first-order valence-electron chi connectivity index (χ1n) is 9.23. The fraction of sp³-hybridized carbons (Fsp3) is 0.579. The Morgan fingerprint density at radius 3 is 2.50 bits per heavy atom.